The van der Waals surface area contributed by atoms with Crippen LogP contribution in [0.3, 0.4) is 0 Å². The predicted octanol–water partition coefficient (Wildman–Crippen LogP) is 11.2. The van der Waals surface area contributed by atoms with E-state index < -0.39 is 0 Å². The molecule has 0 spiro atoms. The Balaban J connectivity index is -0.00000420. The standard InChI is InChI=1S/C29H61N.2ClH/c1-6-8-10-12-14-16-18-20-22-24-26-29(5,28(3,4)30)27-25-23-21-19-17-15-13-11-9-7-2;;/h6-27,30H2,1-5H3;2*1H. The van der Waals surface area contributed by atoms with E-state index in [0.717, 1.165) is 0 Å². The van der Waals surface area contributed by atoms with Gasteiger partial charge >= 0.3 is 0 Å². The minimum atomic E-state index is -0.0639. The van der Waals surface area contributed by atoms with E-state index in [-0.39, 0.29) is 30.4 Å². The van der Waals surface area contributed by atoms with Crippen LogP contribution in [0, 0.1) is 5.41 Å². The van der Waals surface area contributed by atoms with Gasteiger partial charge in [0.05, 0.1) is 0 Å². The van der Waals surface area contributed by atoms with Crippen molar-refractivity contribution in [2.75, 3.05) is 0 Å². The Morgan fingerprint density at radius 3 is 0.844 bits per heavy atom. The summed E-state index contributed by atoms with van der Waals surface area (Å²) in [7, 11) is 0. The summed E-state index contributed by atoms with van der Waals surface area (Å²) in [4.78, 5) is 0. The molecule has 0 amide bonds. The monoisotopic (exact) mass is 495 g/mol. The fourth-order valence-corrected chi connectivity index (χ4v) is 4.77. The second kappa shape index (κ2) is 24.7. The summed E-state index contributed by atoms with van der Waals surface area (Å²) >= 11 is 0. The van der Waals surface area contributed by atoms with Crippen LogP contribution in [0.15, 0.2) is 0 Å². The normalized spacial score (nSPS) is 11.8. The van der Waals surface area contributed by atoms with Gasteiger partial charge in [-0.05, 0) is 32.1 Å². The van der Waals surface area contributed by atoms with Crippen LogP contribution in [0.4, 0.5) is 0 Å². The van der Waals surface area contributed by atoms with Crippen LogP contribution in [0.2, 0.25) is 0 Å². The molecular weight excluding hydrogens is 433 g/mol. The Morgan fingerprint density at radius 1 is 0.406 bits per heavy atom. The molecule has 0 unspecified atom stereocenters. The van der Waals surface area contributed by atoms with Gasteiger partial charge in [-0.3, -0.25) is 0 Å². The first-order valence-electron chi connectivity index (χ1n) is 14.2. The lowest BCUT2D eigenvalue weighted by Crippen LogP contribution is -2.49. The van der Waals surface area contributed by atoms with Crippen LogP contribution >= 0.6 is 24.8 Å². The van der Waals surface area contributed by atoms with E-state index in [1.54, 1.807) is 0 Å². The third-order valence-corrected chi connectivity index (χ3v) is 7.72. The second-order valence-electron chi connectivity index (χ2n) is 11.1. The van der Waals surface area contributed by atoms with E-state index >= 15 is 0 Å². The largest absolute Gasteiger partial charge is 0.325 e. The van der Waals surface area contributed by atoms with Crippen molar-refractivity contribution in [1.82, 2.24) is 0 Å². The van der Waals surface area contributed by atoms with Crippen molar-refractivity contribution < 1.29 is 0 Å². The zero-order valence-corrected chi connectivity index (χ0v) is 24.6. The number of unbranched alkanes of at least 4 members (excludes halogenated alkanes) is 18. The van der Waals surface area contributed by atoms with Crippen LogP contribution in [0.25, 0.3) is 0 Å². The molecule has 3 heteroatoms. The van der Waals surface area contributed by atoms with Gasteiger partial charge in [0.2, 0.25) is 0 Å². The summed E-state index contributed by atoms with van der Waals surface area (Å²) in [5, 5.41) is 0. The Morgan fingerprint density at radius 2 is 0.625 bits per heavy atom. The molecule has 0 bridgehead atoms. The van der Waals surface area contributed by atoms with E-state index in [1.807, 2.05) is 0 Å². The van der Waals surface area contributed by atoms with Crippen molar-refractivity contribution >= 4 is 24.8 Å². The van der Waals surface area contributed by atoms with Gasteiger partial charge in [0.1, 0.15) is 0 Å². The number of rotatable bonds is 23. The molecule has 32 heavy (non-hydrogen) atoms. The maximum absolute atomic E-state index is 6.65. The highest BCUT2D eigenvalue weighted by Crippen LogP contribution is 2.40. The first-order chi connectivity index (χ1) is 14.4. The highest BCUT2D eigenvalue weighted by molar-refractivity contribution is 5.85. The first kappa shape index (κ1) is 37.1. The average molecular weight is 497 g/mol. The molecule has 0 radical (unpaired) electrons. The quantitative estimate of drug-likeness (QED) is 0.140. The molecule has 198 valence electrons. The van der Waals surface area contributed by atoms with Gasteiger partial charge < -0.3 is 5.73 Å². The van der Waals surface area contributed by atoms with Gasteiger partial charge in [-0.2, -0.15) is 0 Å². The highest BCUT2D eigenvalue weighted by Gasteiger charge is 2.36. The third-order valence-electron chi connectivity index (χ3n) is 7.72. The van der Waals surface area contributed by atoms with Gasteiger partial charge in [-0.15, -0.1) is 24.8 Å². The molecule has 0 saturated heterocycles. The van der Waals surface area contributed by atoms with Crippen molar-refractivity contribution in [2.24, 2.45) is 11.1 Å². The van der Waals surface area contributed by atoms with E-state index in [2.05, 4.69) is 34.6 Å². The van der Waals surface area contributed by atoms with Gasteiger partial charge in [-0.1, -0.05) is 149 Å². The lowest BCUT2D eigenvalue weighted by molar-refractivity contribution is 0.135. The van der Waals surface area contributed by atoms with Crippen molar-refractivity contribution in [3.8, 4) is 0 Å². The molecular formula is C29H63Cl2N. The number of nitrogens with two attached hydrogens (primary N) is 1. The molecule has 0 aromatic heterocycles. The molecule has 0 fully saturated rings. The first-order valence-corrected chi connectivity index (χ1v) is 14.2. The fraction of sp³-hybridized carbons (Fsp3) is 1.00. The van der Waals surface area contributed by atoms with E-state index in [4.69, 9.17) is 5.73 Å². The van der Waals surface area contributed by atoms with Crippen LogP contribution in [0.5, 0.6) is 0 Å². The Labute approximate surface area is 217 Å². The van der Waals surface area contributed by atoms with Crippen LogP contribution < -0.4 is 5.73 Å². The van der Waals surface area contributed by atoms with Crippen LogP contribution in [0.1, 0.15) is 176 Å². The molecule has 2 N–H and O–H groups in total. The smallest absolute Gasteiger partial charge is 0.0151 e. The van der Waals surface area contributed by atoms with Gasteiger partial charge in [0.25, 0.3) is 0 Å². The summed E-state index contributed by atoms with van der Waals surface area (Å²) in [6.45, 7) is 11.6. The Kier molecular flexibility index (Phi) is 28.6. The molecule has 0 saturated carbocycles. The summed E-state index contributed by atoms with van der Waals surface area (Å²) in [6.07, 6.45) is 31.0. The van der Waals surface area contributed by atoms with E-state index in [1.165, 1.54) is 141 Å². The van der Waals surface area contributed by atoms with Gasteiger partial charge in [0, 0.05) is 5.54 Å². The second-order valence-corrected chi connectivity index (χ2v) is 11.1. The molecule has 0 atom stereocenters. The lowest BCUT2D eigenvalue weighted by atomic mass is 9.67. The van der Waals surface area contributed by atoms with E-state index in [0.29, 0.717) is 5.41 Å². The molecule has 0 aliphatic heterocycles. The van der Waals surface area contributed by atoms with Crippen molar-refractivity contribution in [1.29, 1.82) is 0 Å². The zero-order chi connectivity index (χ0) is 22.6. The average Bonchev–Trinajstić information content (AvgIpc) is 2.70. The van der Waals surface area contributed by atoms with Crippen LogP contribution in [-0.2, 0) is 0 Å². The summed E-state index contributed by atoms with van der Waals surface area (Å²) in [5.74, 6) is 0. The van der Waals surface area contributed by atoms with Crippen molar-refractivity contribution in [3.05, 3.63) is 0 Å². The number of hydrogen-bond acceptors (Lipinski definition) is 1. The highest BCUT2D eigenvalue weighted by atomic mass is 35.5. The van der Waals surface area contributed by atoms with Crippen molar-refractivity contribution in [2.45, 2.75) is 181 Å². The van der Waals surface area contributed by atoms with E-state index in [9.17, 15) is 0 Å². The number of halogens is 2. The predicted molar refractivity (Wildman–Crippen MR) is 154 cm³/mol. The minimum absolute atomic E-state index is 0. The lowest BCUT2D eigenvalue weighted by Gasteiger charge is -2.42. The molecule has 0 heterocycles. The minimum Gasteiger partial charge on any atom is -0.325 e. The molecule has 0 aliphatic carbocycles. The Hall–Kier alpha value is 0.540. The van der Waals surface area contributed by atoms with Crippen molar-refractivity contribution in [3.63, 3.8) is 0 Å². The third kappa shape index (κ3) is 21.1. The number of hydrogen-bond donors (Lipinski definition) is 1. The van der Waals surface area contributed by atoms with Crippen LogP contribution in [-0.4, -0.2) is 5.54 Å². The molecule has 0 aliphatic rings. The fourth-order valence-electron chi connectivity index (χ4n) is 4.77. The summed E-state index contributed by atoms with van der Waals surface area (Å²) in [5.41, 5.74) is 6.89. The molecule has 1 nitrogen and oxygen atoms in total. The summed E-state index contributed by atoms with van der Waals surface area (Å²) in [6, 6.07) is 0. The molecule has 0 rings (SSSR count). The van der Waals surface area contributed by atoms with Gasteiger partial charge in [-0.25, -0.2) is 0 Å². The van der Waals surface area contributed by atoms with Gasteiger partial charge in [0.15, 0.2) is 0 Å². The molecule has 0 aromatic carbocycles. The molecule has 0 aromatic rings. The maximum atomic E-state index is 6.65. The summed E-state index contributed by atoms with van der Waals surface area (Å²) < 4.78 is 0. The Bertz CT molecular complexity index is 328. The topological polar surface area (TPSA) is 26.0 Å². The maximum Gasteiger partial charge on any atom is 0.0151 e. The SMILES string of the molecule is CCCCCCCCCCCCC(C)(CCCCCCCCCCCC)C(C)(C)N.Cl.Cl. The zero-order valence-electron chi connectivity index (χ0n) is 23.0.